The van der Waals surface area contributed by atoms with Gasteiger partial charge in [-0.3, -0.25) is 28.5 Å². The molecule has 10 N–H and O–H groups in total. The average molecular weight is 558 g/mol. The lowest BCUT2D eigenvalue weighted by molar-refractivity contribution is -0.140. The summed E-state index contributed by atoms with van der Waals surface area (Å²) in [5.41, 5.74) is 6.59. The van der Waals surface area contributed by atoms with Crippen LogP contribution in [0.3, 0.4) is 0 Å². The standard InChI is InChI=1S/C20H25N7O6.H2O4S/c1-27-12(9-23-16-15(27)18(31)26-20(21)25-16)8-22-11-4-2-10(3-5-11)17(30)24-13(19(32)33)6-7-14(28)29;1-5(2,3)4/h2-5,12-13,22H,6-9H2,1H3,(H,24,30)(H,28,29)(H,32,33)(H4,21,23,25,26,31);(H2,1,2,3,4)/t12-,13-;/m0./s1. The number of carboxylic acid groups (broad SMARTS) is 2. The van der Waals surface area contributed by atoms with Gasteiger partial charge in [-0.2, -0.15) is 13.4 Å². The van der Waals surface area contributed by atoms with Gasteiger partial charge in [0.1, 0.15) is 11.7 Å². The van der Waals surface area contributed by atoms with E-state index in [9.17, 15) is 24.3 Å². The molecular weight excluding hydrogens is 530 g/mol. The van der Waals surface area contributed by atoms with Crippen molar-refractivity contribution in [3.05, 3.63) is 40.2 Å². The van der Waals surface area contributed by atoms with Gasteiger partial charge in [-0.15, -0.1) is 0 Å². The van der Waals surface area contributed by atoms with Gasteiger partial charge in [-0.25, -0.2) is 4.79 Å². The molecule has 2 atom stereocenters. The van der Waals surface area contributed by atoms with Crippen molar-refractivity contribution >= 4 is 51.4 Å². The zero-order valence-corrected chi connectivity index (χ0v) is 20.7. The van der Waals surface area contributed by atoms with Crippen molar-refractivity contribution < 1.29 is 42.1 Å². The number of anilines is 4. The molecule has 3 rings (SSSR count). The smallest absolute Gasteiger partial charge is 0.394 e. The molecule has 1 aromatic heterocycles. The molecule has 0 saturated heterocycles. The molecule has 0 spiro atoms. The number of likely N-dealkylation sites (N-methyl/N-ethyl adjacent to an activating group) is 1. The van der Waals surface area contributed by atoms with Crippen LogP contribution in [0.4, 0.5) is 23.1 Å². The molecule has 18 heteroatoms. The number of benzene rings is 1. The Kier molecular flexibility index (Phi) is 9.96. The maximum absolute atomic E-state index is 12.3. The predicted octanol–water partition coefficient (Wildman–Crippen LogP) is -0.910. The number of amides is 1. The van der Waals surface area contributed by atoms with E-state index in [0.717, 1.165) is 5.69 Å². The van der Waals surface area contributed by atoms with E-state index >= 15 is 0 Å². The van der Waals surface area contributed by atoms with E-state index in [1.165, 1.54) is 12.1 Å². The lowest BCUT2D eigenvalue weighted by Gasteiger charge is -2.35. The van der Waals surface area contributed by atoms with Gasteiger partial charge in [-0.1, -0.05) is 0 Å². The average Bonchev–Trinajstić information content (AvgIpc) is 2.79. The first-order valence-corrected chi connectivity index (χ1v) is 12.2. The van der Waals surface area contributed by atoms with Crippen LogP contribution in [0.15, 0.2) is 29.1 Å². The lowest BCUT2D eigenvalue weighted by atomic mass is 10.1. The van der Waals surface area contributed by atoms with Crippen LogP contribution >= 0.6 is 0 Å². The first-order chi connectivity index (χ1) is 17.7. The van der Waals surface area contributed by atoms with Gasteiger partial charge in [0.05, 0.1) is 6.04 Å². The molecule has 0 bridgehead atoms. The molecule has 1 aromatic carbocycles. The molecular formula is C20H27N7O10S. The fraction of sp³-hybridized carbons (Fsp3) is 0.350. The van der Waals surface area contributed by atoms with E-state index in [2.05, 4.69) is 25.9 Å². The number of aliphatic carboxylic acids is 2. The molecule has 17 nitrogen and oxygen atoms in total. The largest absolute Gasteiger partial charge is 0.481 e. The highest BCUT2D eigenvalue weighted by molar-refractivity contribution is 7.79. The topological polar surface area (TPSA) is 277 Å². The summed E-state index contributed by atoms with van der Waals surface area (Å²) in [6, 6.07) is 5.03. The summed E-state index contributed by atoms with van der Waals surface area (Å²) < 4.78 is 31.6. The van der Waals surface area contributed by atoms with Gasteiger partial charge < -0.3 is 36.8 Å². The van der Waals surface area contributed by atoms with Crippen LogP contribution in [0.5, 0.6) is 0 Å². The second-order valence-electron chi connectivity index (χ2n) is 8.00. The number of carboxylic acids is 2. The molecule has 1 aliphatic rings. The van der Waals surface area contributed by atoms with Crippen LogP contribution < -0.4 is 32.1 Å². The third-order valence-electron chi connectivity index (χ3n) is 5.26. The molecule has 0 fully saturated rings. The monoisotopic (exact) mass is 557 g/mol. The summed E-state index contributed by atoms with van der Waals surface area (Å²) >= 11 is 0. The van der Waals surface area contributed by atoms with E-state index in [-0.39, 0.29) is 36.0 Å². The van der Waals surface area contributed by atoms with Crippen molar-refractivity contribution in [1.29, 1.82) is 0 Å². The molecule has 0 radical (unpaired) electrons. The number of hydrogen-bond donors (Lipinski definition) is 9. The zero-order chi connectivity index (χ0) is 28.6. The van der Waals surface area contributed by atoms with Gasteiger partial charge >= 0.3 is 22.3 Å². The Hall–Kier alpha value is -4.42. The molecule has 208 valence electrons. The summed E-state index contributed by atoms with van der Waals surface area (Å²) in [7, 11) is -2.88. The Balaban J connectivity index is 0.000000926. The summed E-state index contributed by atoms with van der Waals surface area (Å²) in [5.74, 6) is -2.59. The molecule has 38 heavy (non-hydrogen) atoms. The minimum Gasteiger partial charge on any atom is -0.481 e. The van der Waals surface area contributed by atoms with Crippen molar-refractivity contribution in [3.63, 3.8) is 0 Å². The number of carbonyl (C=O) groups excluding carboxylic acids is 1. The Morgan fingerprint density at radius 3 is 2.37 bits per heavy atom. The first kappa shape index (κ1) is 29.8. The van der Waals surface area contributed by atoms with E-state index < -0.39 is 34.3 Å². The molecule has 0 unspecified atom stereocenters. The van der Waals surface area contributed by atoms with E-state index in [4.69, 9.17) is 28.4 Å². The van der Waals surface area contributed by atoms with Gasteiger partial charge in [0, 0.05) is 37.8 Å². The Bertz CT molecular complexity index is 1320. The van der Waals surface area contributed by atoms with Crippen molar-refractivity contribution in [2.24, 2.45) is 0 Å². The summed E-state index contributed by atoms with van der Waals surface area (Å²) in [6.07, 6.45) is -0.586. The zero-order valence-electron chi connectivity index (χ0n) is 19.9. The quantitative estimate of drug-likeness (QED) is 0.169. The minimum absolute atomic E-state index is 0.0388. The first-order valence-electron chi connectivity index (χ1n) is 10.8. The van der Waals surface area contributed by atoms with Crippen LogP contribution in [-0.4, -0.2) is 87.8 Å². The van der Waals surface area contributed by atoms with Crippen molar-refractivity contribution in [2.45, 2.75) is 24.9 Å². The number of nitrogens with one attached hydrogen (secondary N) is 4. The highest BCUT2D eigenvalue weighted by atomic mass is 32.3. The molecule has 0 saturated carbocycles. The summed E-state index contributed by atoms with van der Waals surface area (Å²) in [4.78, 5) is 54.9. The van der Waals surface area contributed by atoms with Crippen molar-refractivity contribution in [2.75, 3.05) is 41.4 Å². The van der Waals surface area contributed by atoms with E-state index in [1.54, 1.807) is 19.2 Å². The second kappa shape index (κ2) is 12.7. The Labute approximate surface area is 215 Å². The molecule has 2 heterocycles. The number of nitrogens with zero attached hydrogens (tertiary/aromatic N) is 2. The number of H-pyrrole nitrogens is 1. The lowest BCUT2D eigenvalue weighted by Crippen LogP contribution is -2.48. The van der Waals surface area contributed by atoms with E-state index in [0.29, 0.717) is 24.6 Å². The van der Waals surface area contributed by atoms with Crippen molar-refractivity contribution in [1.82, 2.24) is 15.3 Å². The number of rotatable bonds is 9. The van der Waals surface area contributed by atoms with Crippen LogP contribution in [0.25, 0.3) is 0 Å². The molecule has 2 aromatic rings. The van der Waals surface area contributed by atoms with Gasteiger partial charge in [0.2, 0.25) is 5.95 Å². The van der Waals surface area contributed by atoms with Gasteiger partial charge in [0.15, 0.2) is 5.82 Å². The minimum atomic E-state index is -4.67. The normalized spacial score (nSPS) is 15.1. The fourth-order valence-corrected chi connectivity index (χ4v) is 3.42. The Morgan fingerprint density at radius 1 is 1.21 bits per heavy atom. The van der Waals surface area contributed by atoms with Gasteiger partial charge in [0.25, 0.3) is 11.5 Å². The maximum Gasteiger partial charge on any atom is 0.394 e. The number of nitrogen functional groups attached to an aromatic ring is 1. The highest BCUT2D eigenvalue weighted by Crippen LogP contribution is 2.25. The van der Waals surface area contributed by atoms with Gasteiger partial charge in [-0.05, 0) is 30.7 Å². The molecule has 1 amide bonds. The predicted molar refractivity (Wildman–Crippen MR) is 135 cm³/mol. The summed E-state index contributed by atoms with van der Waals surface area (Å²) in [5, 5.41) is 26.6. The number of fused-ring (bicyclic) bond motifs is 1. The number of nitrogens with two attached hydrogens (primary N) is 1. The Morgan fingerprint density at radius 2 is 1.82 bits per heavy atom. The summed E-state index contributed by atoms with van der Waals surface area (Å²) in [6.45, 7) is 1.01. The molecule has 1 aliphatic heterocycles. The highest BCUT2D eigenvalue weighted by Gasteiger charge is 2.27. The van der Waals surface area contributed by atoms with Crippen LogP contribution in [0.2, 0.25) is 0 Å². The number of aromatic amines is 1. The maximum atomic E-state index is 12.3. The van der Waals surface area contributed by atoms with E-state index in [1.807, 2.05) is 4.90 Å². The SMILES string of the molecule is CN1c2c(nc(N)[nH]c2=O)NC[C@@H]1CNc1ccc(C(=O)N[C@@H](CCC(=O)O)C(=O)O)cc1.O=S(=O)(O)O. The second-order valence-corrected chi connectivity index (χ2v) is 8.89. The van der Waals surface area contributed by atoms with Crippen molar-refractivity contribution in [3.8, 4) is 0 Å². The molecule has 0 aliphatic carbocycles. The van der Waals surface area contributed by atoms with Crippen LogP contribution in [0, 0.1) is 0 Å². The van der Waals surface area contributed by atoms with Crippen LogP contribution in [-0.2, 0) is 20.0 Å². The third kappa shape index (κ3) is 9.22. The number of aromatic nitrogens is 2. The van der Waals surface area contributed by atoms with Crippen LogP contribution in [0.1, 0.15) is 23.2 Å². The fourth-order valence-electron chi connectivity index (χ4n) is 3.42. The number of hydrogen-bond acceptors (Lipinski definition) is 11. The number of carbonyl (C=O) groups is 3. The third-order valence-corrected chi connectivity index (χ3v) is 5.26.